The Morgan fingerprint density at radius 2 is 1.52 bits per heavy atom. The fourth-order valence-corrected chi connectivity index (χ4v) is 14.6. The smallest absolute Gasteiger partial charge is 0.319 e. The van der Waals surface area contributed by atoms with Crippen molar-refractivity contribution in [2.45, 2.75) is 97.1 Å². The Morgan fingerprint density at radius 1 is 0.900 bits per heavy atom. The van der Waals surface area contributed by atoms with Crippen LogP contribution in [-0.2, 0) is 4.43 Å². The highest BCUT2D eigenvalue weighted by Gasteiger charge is 2.61. The molecule has 2 aromatic rings. The van der Waals surface area contributed by atoms with Crippen LogP contribution in [0.15, 0.2) is 84.7 Å². The highest BCUT2D eigenvalue weighted by Crippen LogP contribution is 2.67. The minimum Gasteiger partial charge on any atom is -0.537 e. The summed E-state index contributed by atoms with van der Waals surface area (Å²) >= 11 is 0. The quantitative estimate of drug-likeness (QED) is 0.230. The number of allylic oxidation sites excluding steroid dienone is 3. The van der Waals surface area contributed by atoms with Gasteiger partial charge in [-0.2, -0.15) is 0 Å². The van der Waals surface area contributed by atoms with Gasteiger partial charge in [-0.3, -0.25) is 0 Å². The molecule has 3 fully saturated rings. The zero-order chi connectivity index (χ0) is 28.3. The molecule has 7 atom stereocenters. The molecule has 40 heavy (non-hydrogen) atoms. The zero-order valence-corrected chi connectivity index (χ0v) is 26.5. The van der Waals surface area contributed by atoms with Crippen LogP contribution in [0.3, 0.4) is 0 Å². The summed E-state index contributed by atoms with van der Waals surface area (Å²) in [5.74, 6) is 3.26. The summed E-state index contributed by atoms with van der Waals surface area (Å²) in [5, 5.41) is 13.6. The number of fused-ring (bicyclic) bond motifs is 5. The van der Waals surface area contributed by atoms with Crippen LogP contribution in [0.5, 0.6) is 0 Å². The molecule has 4 aliphatic rings. The average molecular weight is 555 g/mol. The fourth-order valence-electron chi connectivity index (χ4n) is 10.1. The Balaban J connectivity index is 1.41. The van der Waals surface area contributed by atoms with Gasteiger partial charge >= 0.3 is 8.32 Å². The first kappa shape index (κ1) is 28.0. The topological polar surface area (TPSA) is 29.5 Å². The van der Waals surface area contributed by atoms with Crippen molar-refractivity contribution in [1.82, 2.24) is 0 Å². The molecule has 0 aliphatic heterocycles. The van der Waals surface area contributed by atoms with Crippen molar-refractivity contribution < 1.29 is 9.53 Å². The third-order valence-electron chi connectivity index (χ3n) is 12.2. The Morgan fingerprint density at radius 3 is 2.12 bits per heavy atom. The second kappa shape index (κ2) is 10.0. The molecule has 0 heterocycles. The molecule has 3 saturated carbocycles. The van der Waals surface area contributed by atoms with Gasteiger partial charge in [-0.1, -0.05) is 114 Å². The molecule has 1 unspecified atom stereocenters. The van der Waals surface area contributed by atoms with Crippen molar-refractivity contribution in [3.8, 4) is 0 Å². The number of hydrogen-bond acceptors (Lipinski definition) is 2. The van der Waals surface area contributed by atoms with Gasteiger partial charge in [-0.15, -0.1) is 0 Å². The molecule has 3 heteroatoms. The van der Waals surface area contributed by atoms with E-state index in [4.69, 9.17) is 11.0 Å². The lowest BCUT2D eigenvalue weighted by molar-refractivity contribution is -0.0786. The predicted octanol–water partition coefficient (Wildman–Crippen LogP) is 8.02. The average Bonchev–Trinajstić information content (AvgIpc) is 3.25. The Labute approximate surface area is 244 Å². The van der Waals surface area contributed by atoms with E-state index in [-0.39, 0.29) is 22.0 Å². The monoisotopic (exact) mass is 554 g/mol. The fraction of sp³-hybridized carbons (Fsp3) is 0.568. The van der Waals surface area contributed by atoms with Gasteiger partial charge in [0.05, 0.1) is 11.9 Å². The number of benzene rings is 2. The Kier molecular flexibility index (Phi) is 7.02. The standard InChI is InChI=1S/C37H50O2Si/c1-26(39-40(35(2,3)4,28-15-9-7-10-16-28)29-17-11-8-12-18-29)31-19-13-14-27-20-21-30-32-22-23-34(38)36(32,5)25-24-33(30)37(27,31)6/h7-12,15-18,20,30-34,38H,1,13-14,19,21-25H2,2-6H3/t30-,31?,32-,33-,34-,36-,37+/m0/s1. The number of hydrogen-bond donors (Lipinski definition) is 1. The van der Waals surface area contributed by atoms with Crippen molar-refractivity contribution in [3.63, 3.8) is 0 Å². The van der Waals surface area contributed by atoms with Crippen molar-refractivity contribution in [2.24, 2.45) is 34.5 Å². The van der Waals surface area contributed by atoms with Crippen LogP contribution in [0.1, 0.15) is 86.0 Å². The number of aliphatic hydroxyl groups excluding tert-OH is 1. The first-order valence-electron chi connectivity index (χ1n) is 15.9. The Hall–Kier alpha value is -2.10. The molecule has 0 amide bonds. The second-order valence-electron chi connectivity index (χ2n) is 14.9. The maximum Gasteiger partial charge on any atom is 0.319 e. The maximum absolute atomic E-state index is 11.0. The van der Waals surface area contributed by atoms with E-state index in [1.54, 1.807) is 5.57 Å². The van der Waals surface area contributed by atoms with E-state index in [1.807, 2.05) is 0 Å². The zero-order valence-electron chi connectivity index (χ0n) is 25.5. The van der Waals surface area contributed by atoms with E-state index in [0.29, 0.717) is 23.7 Å². The van der Waals surface area contributed by atoms with Gasteiger partial charge in [0.15, 0.2) is 0 Å². The number of rotatable bonds is 5. The molecule has 0 aromatic heterocycles. The minimum atomic E-state index is -2.72. The van der Waals surface area contributed by atoms with Gasteiger partial charge in [0, 0.05) is 11.3 Å². The van der Waals surface area contributed by atoms with Crippen LogP contribution in [0.2, 0.25) is 5.04 Å². The SMILES string of the molecule is C=C(O[Si](c1ccccc1)(c1ccccc1)C(C)(C)C)C1CCCC2=CC[C@H]3[C@@H]4CC[C@H](O)[C@@]4(C)CC[C@@H]3[C@]21C. The summed E-state index contributed by atoms with van der Waals surface area (Å²) in [7, 11) is -2.72. The molecule has 2 aromatic carbocycles. The molecule has 0 spiro atoms. The summed E-state index contributed by atoms with van der Waals surface area (Å²) in [6.45, 7) is 16.9. The number of aliphatic hydroxyl groups is 1. The molecular formula is C37H50O2Si. The van der Waals surface area contributed by atoms with E-state index in [0.717, 1.165) is 25.0 Å². The van der Waals surface area contributed by atoms with Gasteiger partial charge in [-0.25, -0.2) is 0 Å². The van der Waals surface area contributed by atoms with Gasteiger partial charge < -0.3 is 9.53 Å². The predicted molar refractivity (Wildman–Crippen MR) is 169 cm³/mol. The second-order valence-corrected chi connectivity index (χ2v) is 19.2. The first-order chi connectivity index (χ1) is 19.0. The summed E-state index contributed by atoms with van der Waals surface area (Å²) in [5.41, 5.74) is 1.84. The van der Waals surface area contributed by atoms with Crippen LogP contribution < -0.4 is 10.4 Å². The third-order valence-corrected chi connectivity index (χ3v) is 17.2. The maximum atomic E-state index is 11.0. The van der Waals surface area contributed by atoms with Crippen molar-refractivity contribution in [3.05, 3.63) is 84.7 Å². The molecule has 0 radical (unpaired) electrons. The summed E-state index contributed by atoms with van der Waals surface area (Å²) < 4.78 is 7.61. The largest absolute Gasteiger partial charge is 0.537 e. The van der Waals surface area contributed by atoms with Gasteiger partial charge in [0.1, 0.15) is 0 Å². The normalized spacial score (nSPS) is 35.6. The van der Waals surface area contributed by atoms with Crippen molar-refractivity contribution in [1.29, 1.82) is 0 Å². The third kappa shape index (κ3) is 4.05. The van der Waals surface area contributed by atoms with Gasteiger partial charge in [0.25, 0.3) is 0 Å². The van der Waals surface area contributed by atoms with Crippen molar-refractivity contribution >= 4 is 18.7 Å². The van der Waals surface area contributed by atoms with Crippen LogP contribution in [0, 0.1) is 34.5 Å². The molecule has 4 aliphatic carbocycles. The van der Waals surface area contributed by atoms with Crippen LogP contribution in [0.25, 0.3) is 0 Å². The van der Waals surface area contributed by atoms with Crippen LogP contribution >= 0.6 is 0 Å². The van der Waals surface area contributed by atoms with E-state index in [9.17, 15) is 5.11 Å². The van der Waals surface area contributed by atoms with Crippen LogP contribution in [0.4, 0.5) is 0 Å². The minimum absolute atomic E-state index is 0.0748. The van der Waals surface area contributed by atoms with Gasteiger partial charge in [0.2, 0.25) is 0 Å². The first-order valence-corrected chi connectivity index (χ1v) is 17.8. The molecule has 214 valence electrons. The highest BCUT2D eigenvalue weighted by molar-refractivity contribution is 6.99. The lowest BCUT2D eigenvalue weighted by Gasteiger charge is -2.60. The van der Waals surface area contributed by atoms with E-state index >= 15 is 0 Å². The lowest BCUT2D eigenvalue weighted by Crippen LogP contribution is -2.67. The van der Waals surface area contributed by atoms with E-state index in [1.165, 1.54) is 42.5 Å². The molecular weight excluding hydrogens is 504 g/mol. The summed E-state index contributed by atoms with van der Waals surface area (Å²) in [6, 6.07) is 22.1. The van der Waals surface area contributed by atoms with E-state index < -0.39 is 8.32 Å². The highest BCUT2D eigenvalue weighted by atomic mass is 28.4. The van der Waals surface area contributed by atoms with E-state index in [2.05, 4.69) is 101 Å². The van der Waals surface area contributed by atoms with Crippen molar-refractivity contribution in [2.75, 3.05) is 0 Å². The summed E-state index contributed by atoms with van der Waals surface area (Å²) in [4.78, 5) is 0. The molecule has 1 N–H and O–H groups in total. The van der Waals surface area contributed by atoms with Gasteiger partial charge in [-0.05, 0) is 89.9 Å². The lowest BCUT2D eigenvalue weighted by atomic mass is 9.45. The van der Waals surface area contributed by atoms with Crippen LogP contribution in [-0.4, -0.2) is 19.5 Å². The Bertz CT molecular complexity index is 1220. The summed E-state index contributed by atoms with van der Waals surface area (Å²) in [6.07, 6.45) is 11.8. The molecule has 0 bridgehead atoms. The molecule has 2 nitrogen and oxygen atoms in total. The molecule has 0 saturated heterocycles. The molecule has 6 rings (SSSR count).